The van der Waals surface area contributed by atoms with Crippen LogP contribution in [-0.4, -0.2) is 14.8 Å². The van der Waals surface area contributed by atoms with Gasteiger partial charge in [-0.2, -0.15) is 5.10 Å². The van der Waals surface area contributed by atoms with E-state index in [0.717, 1.165) is 48.6 Å². The molecule has 5 nitrogen and oxygen atoms in total. The second kappa shape index (κ2) is 5.99. The van der Waals surface area contributed by atoms with Crippen LogP contribution >= 0.6 is 0 Å². The molecule has 0 radical (unpaired) electrons. The molecule has 110 valence electrons. The Kier molecular flexibility index (Phi) is 3.90. The molecule has 5 heteroatoms. The number of nitrogens with one attached hydrogen (secondary N) is 1. The van der Waals surface area contributed by atoms with Gasteiger partial charge < -0.3 is 9.73 Å². The van der Waals surface area contributed by atoms with Crippen LogP contribution in [0.1, 0.15) is 31.7 Å². The molecular formula is C16H20N4O. The van der Waals surface area contributed by atoms with Gasteiger partial charge in [-0.1, -0.05) is 13.8 Å². The Hall–Kier alpha value is -2.30. The van der Waals surface area contributed by atoms with Crippen LogP contribution in [-0.2, 0) is 19.5 Å². The van der Waals surface area contributed by atoms with Gasteiger partial charge >= 0.3 is 0 Å². The van der Waals surface area contributed by atoms with Crippen LogP contribution in [0.3, 0.4) is 0 Å². The van der Waals surface area contributed by atoms with Crippen molar-refractivity contribution in [1.29, 1.82) is 0 Å². The molecule has 0 aliphatic rings. The number of hydrogen-bond acceptors (Lipinski definition) is 4. The third-order valence-electron chi connectivity index (χ3n) is 3.37. The first-order chi connectivity index (χ1) is 10.3. The lowest BCUT2D eigenvalue weighted by molar-refractivity contribution is 0.538. The van der Waals surface area contributed by atoms with Crippen molar-refractivity contribution >= 4 is 16.8 Å². The van der Waals surface area contributed by atoms with Crippen molar-refractivity contribution in [2.24, 2.45) is 0 Å². The number of nitrogens with zero attached hydrogens (tertiary/aromatic N) is 3. The Bertz CT molecular complexity index is 729. The van der Waals surface area contributed by atoms with Gasteiger partial charge in [-0.15, -0.1) is 0 Å². The summed E-state index contributed by atoms with van der Waals surface area (Å²) in [6, 6.07) is 6.00. The third kappa shape index (κ3) is 3.07. The Labute approximate surface area is 124 Å². The quantitative estimate of drug-likeness (QED) is 0.751. The molecule has 0 saturated heterocycles. The minimum atomic E-state index is 0.758. The van der Waals surface area contributed by atoms with Crippen LogP contribution in [0.5, 0.6) is 0 Å². The fraction of sp³-hybridized carbons (Fsp3) is 0.375. The van der Waals surface area contributed by atoms with Crippen LogP contribution in [0.15, 0.2) is 35.0 Å². The fourth-order valence-electron chi connectivity index (χ4n) is 2.29. The number of aryl methyl sites for hydroxylation is 2. The maximum absolute atomic E-state index is 5.61. The molecule has 0 amide bonds. The van der Waals surface area contributed by atoms with E-state index >= 15 is 0 Å². The zero-order valence-electron chi connectivity index (χ0n) is 12.5. The summed E-state index contributed by atoms with van der Waals surface area (Å²) in [7, 11) is 0. The molecule has 0 aliphatic heterocycles. The second-order valence-electron chi connectivity index (χ2n) is 5.11. The first kappa shape index (κ1) is 13.7. The van der Waals surface area contributed by atoms with Gasteiger partial charge in [-0.3, -0.25) is 4.68 Å². The molecule has 1 aromatic carbocycles. The van der Waals surface area contributed by atoms with Gasteiger partial charge in [0.15, 0.2) is 11.5 Å². The molecule has 1 N–H and O–H groups in total. The average molecular weight is 284 g/mol. The normalized spacial score (nSPS) is 11.1. The van der Waals surface area contributed by atoms with Gasteiger partial charge in [0.25, 0.3) is 0 Å². The van der Waals surface area contributed by atoms with E-state index in [-0.39, 0.29) is 0 Å². The highest BCUT2D eigenvalue weighted by Gasteiger charge is 2.05. The summed E-state index contributed by atoms with van der Waals surface area (Å²) >= 11 is 0. The number of fused-ring (bicyclic) bond motifs is 1. The first-order valence-corrected chi connectivity index (χ1v) is 7.43. The van der Waals surface area contributed by atoms with E-state index in [1.54, 1.807) is 0 Å². The number of rotatable bonds is 6. The van der Waals surface area contributed by atoms with E-state index in [4.69, 9.17) is 4.42 Å². The van der Waals surface area contributed by atoms with E-state index in [1.165, 1.54) is 5.56 Å². The molecule has 3 aromatic rings. The monoisotopic (exact) mass is 284 g/mol. The first-order valence-electron chi connectivity index (χ1n) is 7.43. The molecule has 3 rings (SSSR count). The lowest BCUT2D eigenvalue weighted by atomic mass is 10.2. The predicted molar refractivity (Wildman–Crippen MR) is 83.2 cm³/mol. The Morgan fingerprint density at radius 3 is 3.00 bits per heavy atom. The van der Waals surface area contributed by atoms with Crippen molar-refractivity contribution in [2.45, 2.75) is 39.8 Å². The van der Waals surface area contributed by atoms with Gasteiger partial charge in [-0.25, -0.2) is 4.98 Å². The Morgan fingerprint density at radius 2 is 2.19 bits per heavy atom. The van der Waals surface area contributed by atoms with Gasteiger partial charge in [-0.05, 0) is 24.6 Å². The molecule has 0 fully saturated rings. The molecule has 21 heavy (non-hydrogen) atoms. The predicted octanol–water partition coefficient (Wildman–Crippen LogP) is 3.61. The van der Waals surface area contributed by atoms with Crippen LogP contribution in [0.2, 0.25) is 0 Å². The molecular weight excluding hydrogens is 264 g/mol. The number of hydrogen-bond donors (Lipinski definition) is 1. The zero-order valence-corrected chi connectivity index (χ0v) is 12.5. The highest BCUT2D eigenvalue weighted by Crippen LogP contribution is 2.20. The topological polar surface area (TPSA) is 55.9 Å². The van der Waals surface area contributed by atoms with E-state index < -0.39 is 0 Å². The molecule has 2 aromatic heterocycles. The second-order valence-corrected chi connectivity index (χ2v) is 5.11. The third-order valence-corrected chi connectivity index (χ3v) is 3.37. The molecule has 0 unspecified atom stereocenters. The van der Waals surface area contributed by atoms with Crippen molar-refractivity contribution < 1.29 is 4.42 Å². The molecule has 0 saturated carbocycles. The largest absolute Gasteiger partial charge is 0.441 e. The van der Waals surface area contributed by atoms with Gasteiger partial charge in [0.1, 0.15) is 5.52 Å². The number of benzene rings is 1. The molecule has 0 spiro atoms. The maximum atomic E-state index is 5.61. The highest BCUT2D eigenvalue weighted by atomic mass is 16.3. The minimum absolute atomic E-state index is 0.758. The van der Waals surface area contributed by atoms with E-state index in [1.807, 2.05) is 36.0 Å². The summed E-state index contributed by atoms with van der Waals surface area (Å²) in [5, 5.41) is 7.73. The van der Waals surface area contributed by atoms with Crippen molar-refractivity contribution in [2.75, 3.05) is 5.32 Å². The number of aromatic nitrogens is 3. The van der Waals surface area contributed by atoms with Crippen molar-refractivity contribution in [3.05, 3.63) is 42.0 Å². The Balaban J connectivity index is 1.69. The summed E-state index contributed by atoms with van der Waals surface area (Å²) in [6.07, 6.45) is 5.90. The number of oxazole rings is 1. The lowest BCUT2D eigenvalue weighted by Crippen LogP contribution is -1.99. The van der Waals surface area contributed by atoms with E-state index in [2.05, 4.69) is 28.5 Å². The average Bonchev–Trinajstić information content (AvgIpc) is 3.11. The van der Waals surface area contributed by atoms with Gasteiger partial charge in [0.2, 0.25) is 0 Å². The summed E-state index contributed by atoms with van der Waals surface area (Å²) in [5.41, 5.74) is 3.96. The standard InChI is InChI=1S/C16H20N4O/c1-3-7-20-11-12(10-18-20)9-17-13-5-6-15-14(8-13)19-16(4-2)21-15/h5-6,8,10-11,17H,3-4,7,9H2,1-2H3. The van der Waals surface area contributed by atoms with E-state index in [0.29, 0.717) is 0 Å². The molecule has 0 bridgehead atoms. The number of anilines is 1. The smallest absolute Gasteiger partial charge is 0.195 e. The van der Waals surface area contributed by atoms with Crippen LogP contribution in [0.25, 0.3) is 11.1 Å². The summed E-state index contributed by atoms with van der Waals surface area (Å²) in [5.74, 6) is 0.781. The summed E-state index contributed by atoms with van der Waals surface area (Å²) in [6.45, 7) is 5.91. The molecule has 0 aliphatic carbocycles. The summed E-state index contributed by atoms with van der Waals surface area (Å²) < 4.78 is 7.59. The van der Waals surface area contributed by atoms with Crippen LogP contribution in [0.4, 0.5) is 5.69 Å². The van der Waals surface area contributed by atoms with Crippen molar-refractivity contribution in [3.8, 4) is 0 Å². The SMILES string of the molecule is CCCn1cc(CNc2ccc3oc(CC)nc3c2)cn1. The van der Waals surface area contributed by atoms with Crippen molar-refractivity contribution in [1.82, 2.24) is 14.8 Å². The van der Waals surface area contributed by atoms with Gasteiger partial charge in [0, 0.05) is 37.0 Å². The van der Waals surface area contributed by atoms with Crippen LogP contribution < -0.4 is 5.32 Å². The summed E-state index contributed by atoms with van der Waals surface area (Å²) in [4.78, 5) is 4.45. The molecule has 2 heterocycles. The lowest BCUT2D eigenvalue weighted by Gasteiger charge is -2.04. The van der Waals surface area contributed by atoms with E-state index in [9.17, 15) is 0 Å². The minimum Gasteiger partial charge on any atom is -0.441 e. The van der Waals surface area contributed by atoms with Crippen LogP contribution in [0, 0.1) is 0 Å². The zero-order chi connectivity index (χ0) is 14.7. The Morgan fingerprint density at radius 1 is 1.29 bits per heavy atom. The van der Waals surface area contributed by atoms with Gasteiger partial charge in [0.05, 0.1) is 6.20 Å². The van der Waals surface area contributed by atoms with Crippen molar-refractivity contribution in [3.63, 3.8) is 0 Å². The maximum Gasteiger partial charge on any atom is 0.195 e. The highest BCUT2D eigenvalue weighted by molar-refractivity contribution is 5.77. The molecule has 0 atom stereocenters. The fourth-order valence-corrected chi connectivity index (χ4v) is 2.29.